The molecule has 1 rings (SSSR count). The van der Waals surface area contributed by atoms with Gasteiger partial charge >= 0.3 is 11.9 Å². The molecule has 1 aliphatic heterocycles. The van der Waals surface area contributed by atoms with Crippen LogP contribution >= 0.6 is 0 Å². The zero-order valence-electron chi connectivity index (χ0n) is 7.11. The number of carboxylic acid groups (broad SMARTS) is 1. The highest BCUT2D eigenvalue weighted by Crippen LogP contribution is 2.03. The van der Waals surface area contributed by atoms with Crippen LogP contribution in [0.1, 0.15) is 6.92 Å². The fraction of sp³-hybridized carbons (Fsp3) is 0.571. The summed E-state index contributed by atoms with van der Waals surface area (Å²) >= 11 is 0. The van der Waals surface area contributed by atoms with Crippen molar-refractivity contribution in [2.75, 3.05) is 13.1 Å². The van der Waals surface area contributed by atoms with E-state index in [1.807, 2.05) is 0 Å². The van der Waals surface area contributed by atoms with Crippen LogP contribution in [0, 0.1) is 0 Å². The van der Waals surface area contributed by atoms with Crippen molar-refractivity contribution >= 4 is 17.8 Å². The van der Waals surface area contributed by atoms with Crippen molar-refractivity contribution in [3.05, 3.63) is 0 Å². The van der Waals surface area contributed by atoms with Gasteiger partial charge in [-0.25, -0.2) is 4.79 Å². The molecule has 1 aliphatic rings. The van der Waals surface area contributed by atoms with Crippen molar-refractivity contribution in [1.29, 1.82) is 0 Å². The predicted octanol–water partition coefficient (Wildman–Crippen LogP) is -1.58. The van der Waals surface area contributed by atoms with Gasteiger partial charge in [0.05, 0.1) is 0 Å². The number of aliphatic carboxylic acids is 1. The summed E-state index contributed by atoms with van der Waals surface area (Å²) in [5.41, 5.74) is 0. The average Bonchev–Trinajstić information content (AvgIpc) is 2.08. The number of nitrogens with zero attached hydrogens (tertiary/aromatic N) is 1. The zero-order valence-corrected chi connectivity index (χ0v) is 7.11. The van der Waals surface area contributed by atoms with E-state index in [0.717, 1.165) is 4.90 Å². The summed E-state index contributed by atoms with van der Waals surface area (Å²) in [6.45, 7) is 2.05. The Balaban J connectivity index is 2.73. The first-order chi connectivity index (χ1) is 6.04. The Kier molecular flexibility index (Phi) is 2.50. The first kappa shape index (κ1) is 9.50. The molecule has 6 nitrogen and oxygen atoms in total. The monoisotopic (exact) mass is 186 g/mol. The normalized spacial score (nSPS) is 22.4. The lowest BCUT2D eigenvalue weighted by Gasteiger charge is -2.31. The number of amides is 2. The highest BCUT2D eigenvalue weighted by molar-refractivity contribution is 6.32. The van der Waals surface area contributed by atoms with Crippen molar-refractivity contribution in [2.45, 2.75) is 13.0 Å². The van der Waals surface area contributed by atoms with Gasteiger partial charge in [0, 0.05) is 13.1 Å². The SMILES string of the molecule is CC1C(=O)NCCN1C(=O)C(=O)O. The van der Waals surface area contributed by atoms with Gasteiger partial charge in [0.25, 0.3) is 0 Å². The van der Waals surface area contributed by atoms with E-state index in [1.165, 1.54) is 6.92 Å². The van der Waals surface area contributed by atoms with Crippen molar-refractivity contribution in [2.24, 2.45) is 0 Å². The smallest absolute Gasteiger partial charge is 0.394 e. The Labute approximate surface area is 74.5 Å². The summed E-state index contributed by atoms with van der Waals surface area (Å²) < 4.78 is 0. The van der Waals surface area contributed by atoms with Gasteiger partial charge in [0.2, 0.25) is 5.91 Å². The minimum atomic E-state index is -1.53. The lowest BCUT2D eigenvalue weighted by molar-refractivity contribution is -0.159. The maximum absolute atomic E-state index is 11.0. The summed E-state index contributed by atoms with van der Waals surface area (Å²) in [7, 11) is 0. The molecule has 1 heterocycles. The van der Waals surface area contributed by atoms with Gasteiger partial charge in [-0.3, -0.25) is 9.59 Å². The third-order valence-corrected chi connectivity index (χ3v) is 1.94. The van der Waals surface area contributed by atoms with E-state index < -0.39 is 17.9 Å². The number of rotatable bonds is 0. The molecule has 13 heavy (non-hydrogen) atoms. The van der Waals surface area contributed by atoms with Gasteiger partial charge in [-0.1, -0.05) is 0 Å². The van der Waals surface area contributed by atoms with Gasteiger partial charge in [-0.15, -0.1) is 0 Å². The van der Waals surface area contributed by atoms with Crippen LogP contribution in [-0.4, -0.2) is 46.9 Å². The number of carbonyl (C=O) groups is 3. The average molecular weight is 186 g/mol. The second-order valence-electron chi connectivity index (χ2n) is 2.77. The van der Waals surface area contributed by atoms with Gasteiger partial charge in [-0.2, -0.15) is 0 Å². The van der Waals surface area contributed by atoms with Gasteiger partial charge < -0.3 is 15.3 Å². The summed E-state index contributed by atoms with van der Waals surface area (Å²) in [6.07, 6.45) is 0. The third kappa shape index (κ3) is 1.77. The second-order valence-corrected chi connectivity index (χ2v) is 2.77. The zero-order chi connectivity index (χ0) is 10.0. The van der Waals surface area contributed by atoms with E-state index in [2.05, 4.69) is 5.32 Å². The number of carboxylic acids is 1. The van der Waals surface area contributed by atoms with E-state index in [4.69, 9.17) is 5.11 Å². The van der Waals surface area contributed by atoms with E-state index in [-0.39, 0.29) is 12.5 Å². The molecule has 0 aromatic heterocycles. The van der Waals surface area contributed by atoms with Crippen LogP contribution in [0.4, 0.5) is 0 Å². The first-order valence-corrected chi connectivity index (χ1v) is 3.85. The second kappa shape index (κ2) is 3.42. The van der Waals surface area contributed by atoms with E-state index in [1.54, 1.807) is 0 Å². The molecule has 1 atom stereocenters. The van der Waals surface area contributed by atoms with Crippen LogP contribution in [0.15, 0.2) is 0 Å². The number of nitrogens with one attached hydrogen (secondary N) is 1. The number of carbonyl (C=O) groups excluding carboxylic acids is 2. The molecular formula is C7H10N2O4. The number of piperazine rings is 1. The number of hydrogen-bond acceptors (Lipinski definition) is 3. The molecule has 0 radical (unpaired) electrons. The highest BCUT2D eigenvalue weighted by atomic mass is 16.4. The molecule has 72 valence electrons. The van der Waals surface area contributed by atoms with Crippen LogP contribution in [0.3, 0.4) is 0 Å². The van der Waals surface area contributed by atoms with Gasteiger partial charge in [-0.05, 0) is 6.92 Å². The van der Waals surface area contributed by atoms with Crippen molar-refractivity contribution in [3.8, 4) is 0 Å². The Morgan fingerprint density at radius 2 is 2.23 bits per heavy atom. The van der Waals surface area contributed by atoms with Crippen LogP contribution in [0.25, 0.3) is 0 Å². The molecule has 0 spiro atoms. The molecule has 0 aromatic rings. The number of hydrogen-bond donors (Lipinski definition) is 2. The quantitative estimate of drug-likeness (QED) is 0.447. The molecule has 2 N–H and O–H groups in total. The summed E-state index contributed by atoms with van der Waals surface area (Å²) in [6, 6.07) is -0.697. The van der Waals surface area contributed by atoms with Crippen molar-refractivity contribution < 1.29 is 19.5 Å². The molecule has 1 saturated heterocycles. The van der Waals surface area contributed by atoms with Crippen molar-refractivity contribution in [1.82, 2.24) is 10.2 Å². The molecule has 1 fully saturated rings. The van der Waals surface area contributed by atoms with Crippen LogP contribution in [-0.2, 0) is 14.4 Å². The third-order valence-electron chi connectivity index (χ3n) is 1.94. The summed E-state index contributed by atoms with van der Waals surface area (Å²) in [4.78, 5) is 33.4. The van der Waals surface area contributed by atoms with Crippen LogP contribution < -0.4 is 5.32 Å². The van der Waals surface area contributed by atoms with Crippen molar-refractivity contribution in [3.63, 3.8) is 0 Å². The molecule has 0 saturated carbocycles. The molecular weight excluding hydrogens is 176 g/mol. The minimum Gasteiger partial charge on any atom is -0.474 e. The minimum absolute atomic E-state index is 0.248. The predicted molar refractivity (Wildman–Crippen MR) is 41.8 cm³/mol. The lowest BCUT2D eigenvalue weighted by Crippen LogP contribution is -2.57. The lowest BCUT2D eigenvalue weighted by atomic mass is 10.2. The summed E-state index contributed by atoms with van der Waals surface area (Å²) in [5, 5.41) is 10.9. The molecule has 0 aliphatic carbocycles. The fourth-order valence-electron chi connectivity index (χ4n) is 1.18. The Hall–Kier alpha value is -1.59. The van der Waals surface area contributed by atoms with E-state index >= 15 is 0 Å². The van der Waals surface area contributed by atoms with Gasteiger partial charge in [0.15, 0.2) is 0 Å². The maximum Gasteiger partial charge on any atom is 0.394 e. The molecule has 0 bridgehead atoms. The standard InChI is InChI=1S/C7H10N2O4/c1-4-5(10)8-2-3-9(4)6(11)7(12)13/h4H,2-3H2,1H3,(H,8,10)(H,12,13). The molecule has 0 aromatic carbocycles. The topological polar surface area (TPSA) is 86.7 Å². The highest BCUT2D eigenvalue weighted by Gasteiger charge is 2.32. The molecule has 2 amide bonds. The van der Waals surface area contributed by atoms with E-state index in [9.17, 15) is 14.4 Å². The largest absolute Gasteiger partial charge is 0.474 e. The maximum atomic E-state index is 11.0. The van der Waals surface area contributed by atoms with Crippen LogP contribution in [0.2, 0.25) is 0 Å². The Morgan fingerprint density at radius 1 is 1.62 bits per heavy atom. The molecule has 6 heteroatoms. The first-order valence-electron chi connectivity index (χ1n) is 3.85. The van der Waals surface area contributed by atoms with E-state index in [0.29, 0.717) is 6.54 Å². The molecule has 1 unspecified atom stereocenters. The Morgan fingerprint density at radius 3 is 2.77 bits per heavy atom. The summed E-state index contributed by atoms with van der Waals surface area (Å²) in [5.74, 6) is -2.87. The fourth-order valence-corrected chi connectivity index (χ4v) is 1.18. The van der Waals surface area contributed by atoms with Crippen LogP contribution in [0.5, 0.6) is 0 Å². The Bertz CT molecular complexity index is 263. The van der Waals surface area contributed by atoms with Gasteiger partial charge in [0.1, 0.15) is 6.04 Å².